The zero-order chi connectivity index (χ0) is 22.5. The summed E-state index contributed by atoms with van der Waals surface area (Å²) in [5.74, 6) is 2.02. The summed E-state index contributed by atoms with van der Waals surface area (Å²) < 4.78 is 27.8. The largest absolute Gasteiger partial charge is 0.497 e. The van der Waals surface area contributed by atoms with Crippen molar-refractivity contribution in [3.05, 3.63) is 41.5 Å². The maximum atomic E-state index is 12.1. The summed E-state index contributed by atoms with van der Waals surface area (Å²) in [7, 11) is 7.87. The molecular weight excluding hydrogens is 402 g/mol. The van der Waals surface area contributed by atoms with Crippen molar-refractivity contribution in [3.63, 3.8) is 0 Å². The Labute approximate surface area is 182 Å². The SMILES string of the molecule is COc1ccc(OC)c(C(c2cc(OC)c(OC)cc2OC)N2CCCC2C(=O)O)c1. The van der Waals surface area contributed by atoms with Gasteiger partial charge in [0.1, 0.15) is 23.3 Å². The molecule has 2 aromatic rings. The topological polar surface area (TPSA) is 86.7 Å². The number of likely N-dealkylation sites (tertiary alicyclic amines) is 1. The zero-order valence-corrected chi connectivity index (χ0v) is 18.5. The van der Waals surface area contributed by atoms with E-state index in [2.05, 4.69) is 0 Å². The van der Waals surface area contributed by atoms with Crippen molar-refractivity contribution in [1.29, 1.82) is 0 Å². The fourth-order valence-corrected chi connectivity index (χ4v) is 4.21. The standard InChI is InChI=1S/C23H29NO7/c1-27-14-8-9-18(28-2)15(11-14)22(24-10-6-7-17(24)23(25)26)16-12-20(30-4)21(31-5)13-19(16)29-3/h8-9,11-13,17,22H,6-7,10H2,1-5H3,(H,25,26). The number of carboxylic acid groups (broad SMARTS) is 1. The Kier molecular flexibility index (Phi) is 7.12. The van der Waals surface area contributed by atoms with Gasteiger partial charge in [-0.3, -0.25) is 9.69 Å². The Morgan fingerprint density at radius 3 is 2.06 bits per heavy atom. The van der Waals surface area contributed by atoms with Crippen molar-refractivity contribution in [2.24, 2.45) is 0 Å². The molecule has 0 aromatic heterocycles. The molecule has 1 fully saturated rings. The minimum atomic E-state index is -0.858. The predicted molar refractivity (Wildman–Crippen MR) is 115 cm³/mol. The van der Waals surface area contributed by atoms with E-state index in [0.29, 0.717) is 41.7 Å². The summed E-state index contributed by atoms with van der Waals surface area (Å²) in [4.78, 5) is 14.0. The van der Waals surface area contributed by atoms with Crippen LogP contribution in [0.1, 0.15) is 30.0 Å². The summed E-state index contributed by atoms with van der Waals surface area (Å²) in [5, 5.41) is 9.89. The van der Waals surface area contributed by atoms with Gasteiger partial charge in [0.25, 0.3) is 0 Å². The summed E-state index contributed by atoms with van der Waals surface area (Å²) >= 11 is 0. The van der Waals surface area contributed by atoms with Crippen molar-refractivity contribution in [2.75, 3.05) is 42.1 Å². The molecule has 8 heteroatoms. The number of ether oxygens (including phenoxy) is 5. The van der Waals surface area contributed by atoms with Crippen LogP contribution < -0.4 is 23.7 Å². The number of benzene rings is 2. The van der Waals surface area contributed by atoms with E-state index < -0.39 is 18.1 Å². The minimum absolute atomic E-state index is 0.469. The first-order valence-corrected chi connectivity index (χ1v) is 9.99. The molecule has 1 saturated heterocycles. The molecule has 1 heterocycles. The van der Waals surface area contributed by atoms with Gasteiger partial charge in [-0.2, -0.15) is 0 Å². The van der Waals surface area contributed by atoms with E-state index in [1.807, 2.05) is 29.2 Å². The van der Waals surface area contributed by atoms with Gasteiger partial charge < -0.3 is 28.8 Å². The molecule has 0 amide bonds. The quantitative estimate of drug-likeness (QED) is 0.647. The number of methoxy groups -OCH3 is 5. The van der Waals surface area contributed by atoms with Crippen LogP contribution in [0.2, 0.25) is 0 Å². The first-order chi connectivity index (χ1) is 15.0. The monoisotopic (exact) mass is 431 g/mol. The summed E-state index contributed by atoms with van der Waals surface area (Å²) in [5.41, 5.74) is 1.53. The number of nitrogens with zero attached hydrogens (tertiary/aromatic N) is 1. The molecule has 8 nitrogen and oxygen atoms in total. The lowest BCUT2D eigenvalue weighted by molar-refractivity contribution is -0.142. The Bertz CT molecular complexity index is 930. The lowest BCUT2D eigenvalue weighted by Crippen LogP contribution is -2.39. The number of aliphatic carboxylic acids is 1. The van der Waals surface area contributed by atoms with Crippen molar-refractivity contribution in [3.8, 4) is 28.7 Å². The van der Waals surface area contributed by atoms with Crippen LogP contribution >= 0.6 is 0 Å². The maximum absolute atomic E-state index is 12.1. The molecule has 2 unspecified atom stereocenters. The van der Waals surface area contributed by atoms with Gasteiger partial charge in [-0.1, -0.05) is 0 Å². The highest BCUT2D eigenvalue weighted by Gasteiger charge is 2.39. The highest BCUT2D eigenvalue weighted by molar-refractivity contribution is 5.74. The van der Waals surface area contributed by atoms with Crippen LogP contribution in [-0.2, 0) is 4.79 Å². The number of rotatable bonds is 9. The molecule has 1 aliphatic heterocycles. The molecule has 0 saturated carbocycles. The fourth-order valence-electron chi connectivity index (χ4n) is 4.21. The number of carboxylic acids is 1. The first kappa shape index (κ1) is 22.6. The average molecular weight is 431 g/mol. The summed E-state index contributed by atoms with van der Waals surface area (Å²) in [6.07, 6.45) is 1.34. The minimum Gasteiger partial charge on any atom is -0.497 e. The number of carbonyl (C=O) groups is 1. The van der Waals surface area contributed by atoms with Crippen LogP contribution in [-0.4, -0.2) is 64.1 Å². The van der Waals surface area contributed by atoms with E-state index in [1.165, 1.54) is 0 Å². The van der Waals surface area contributed by atoms with E-state index in [0.717, 1.165) is 17.5 Å². The van der Waals surface area contributed by atoms with Gasteiger partial charge in [-0.15, -0.1) is 0 Å². The van der Waals surface area contributed by atoms with Crippen LogP contribution in [0.3, 0.4) is 0 Å². The van der Waals surface area contributed by atoms with Crippen molar-refractivity contribution >= 4 is 5.97 Å². The molecule has 31 heavy (non-hydrogen) atoms. The van der Waals surface area contributed by atoms with Gasteiger partial charge in [0.2, 0.25) is 0 Å². The van der Waals surface area contributed by atoms with E-state index in [-0.39, 0.29) is 0 Å². The second kappa shape index (κ2) is 9.78. The van der Waals surface area contributed by atoms with Crippen molar-refractivity contribution in [1.82, 2.24) is 4.90 Å². The van der Waals surface area contributed by atoms with Crippen molar-refractivity contribution in [2.45, 2.75) is 24.9 Å². The summed E-state index contributed by atoms with van der Waals surface area (Å²) in [6.45, 7) is 0.611. The molecule has 3 rings (SSSR count). The van der Waals surface area contributed by atoms with Crippen LogP contribution in [0, 0.1) is 0 Å². The third-order valence-electron chi connectivity index (χ3n) is 5.67. The van der Waals surface area contributed by atoms with Gasteiger partial charge in [0, 0.05) is 23.7 Å². The first-order valence-electron chi connectivity index (χ1n) is 9.99. The van der Waals surface area contributed by atoms with Crippen LogP contribution in [0.4, 0.5) is 0 Å². The molecule has 0 aliphatic carbocycles. The van der Waals surface area contributed by atoms with Gasteiger partial charge in [0.05, 0.1) is 41.6 Å². The molecule has 168 valence electrons. The van der Waals surface area contributed by atoms with Crippen LogP contribution in [0.5, 0.6) is 28.7 Å². The van der Waals surface area contributed by atoms with E-state index >= 15 is 0 Å². The lowest BCUT2D eigenvalue weighted by atomic mass is 9.93. The summed E-state index contributed by atoms with van der Waals surface area (Å²) in [6, 6.07) is 7.97. The molecule has 2 atom stereocenters. The highest BCUT2D eigenvalue weighted by atomic mass is 16.5. The Hall–Kier alpha value is -3.13. The lowest BCUT2D eigenvalue weighted by Gasteiger charge is -2.34. The molecule has 1 N–H and O–H groups in total. The number of hydrogen-bond donors (Lipinski definition) is 1. The third kappa shape index (κ3) is 4.34. The Morgan fingerprint density at radius 1 is 0.871 bits per heavy atom. The van der Waals surface area contributed by atoms with E-state index in [1.54, 1.807) is 41.6 Å². The molecule has 2 aromatic carbocycles. The van der Waals surface area contributed by atoms with E-state index in [4.69, 9.17) is 23.7 Å². The predicted octanol–water partition coefficient (Wildman–Crippen LogP) is 3.37. The second-order valence-corrected chi connectivity index (χ2v) is 7.19. The van der Waals surface area contributed by atoms with Gasteiger partial charge in [-0.25, -0.2) is 0 Å². The van der Waals surface area contributed by atoms with E-state index in [9.17, 15) is 9.90 Å². The Morgan fingerprint density at radius 2 is 1.48 bits per heavy atom. The molecule has 0 radical (unpaired) electrons. The van der Waals surface area contributed by atoms with Crippen LogP contribution in [0.25, 0.3) is 0 Å². The number of hydrogen-bond acceptors (Lipinski definition) is 7. The molecular formula is C23H29NO7. The van der Waals surface area contributed by atoms with Gasteiger partial charge in [-0.05, 0) is 37.1 Å². The highest BCUT2D eigenvalue weighted by Crippen LogP contribution is 2.46. The van der Waals surface area contributed by atoms with Gasteiger partial charge in [0.15, 0.2) is 11.5 Å². The third-order valence-corrected chi connectivity index (χ3v) is 5.67. The Balaban J connectivity index is 2.29. The smallest absolute Gasteiger partial charge is 0.320 e. The average Bonchev–Trinajstić information content (AvgIpc) is 3.28. The van der Waals surface area contributed by atoms with Crippen LogP contribution in [0.15, 0.2) is 30.3 Å². The van der Waals surface area contributed by atoms with Crippen molar-refractivity contribution < 1.29 is 33.6 Å². The fraction of sp³-hybridized carbons (Fsp3) is 0.435. The second-order valence-electron chi connectivity index (χ2n) is 7.19. The maximum Gasteiger partial charge on any atom is 0.320 e. The normalized spacial score (nSPS) is 17.1. The van der Waals surface area contributed by atoms with Gasteiger partial charge >= 0.3 is 5.97 Å². The molecule has 0 spiro atoms. The zero-order valence-electron chi connectivity index (χ0n) is 18.5. The molecule has 0 bridgehead atoms. The molecule has 1 aliphatic rings.